The molecule has 0 radical (unpaired) electrons. The van der Waals surface area contributed by atoms with Crippen LogP contribution in [0.25, 0.3) is 10.6 Å². The number of para-hydroxylation sites is 2. The van der Waals surface area contributed by atoms with Crippen LogP contribution in [-0.4, -0.2) is 10.9 Å². The third kappa shape index (κ3) is 7.07. The number of nitrogens with one attached hydrogen (secondary N) is 2. The Labute approximate surface area is 238 Å². The molecule has 0 aliphatic rings. The summed E-state index contributed by atoms with van der Waals surface area (Å²) in [5.41, 5.74) is 10.0. The average molecular weight is 550 g/mol. The van der Waals surface area contributed by atoms with Gasteiger partial charge in [-0.15, -0.1) is 11.3 Å². The van der Waals surface area contributed by atoms with Crippen LogP contribution in [0.2, 0.25) is 0 Å². The highest BCUT2D eigenvalue weighted by Crippen LogP contribution is 2.33. The van der Waals surface area contributed by atoms with Crippen molar-refractivity contribution >= 4 is 22.9 Å². The molecule has 2 N–H and O–H groups in total. The van der Waals surface area contributed by atoms with Crippen molar-refractivity contribution in [1.29, 1.82) is 0 Å². The molecule has 4 aromatic carbocycles. The average Bonchev–Trinajstić information content (AvgIpc) is 3.47. The molecule has 0 spiro atoms. The lowest BCUT2D eigenvalue weighted by Crippen LogP contribution is -2.30. The Morgan fingerprint density at radius 1 is 0.875 bits per heavy atom. The molecule has 6 nitrogen and oxygen atoms in total. The number of aromatic nitrogens is 1. The molecular formula is C33H31N3O3S. The number of ether oxygens (including phenoxy) is 2. The molecule has 0 aliphatic carbocycles. The number of hydrazine groups is 1. The minimum absolute atomic E-state index is 0.315. The van der Waals surface area contributed by atoms with Gasteiger partial charge in [0.05, 0.1) is 11.3 Å². The van der Waals surface area contributed by atoms with Gasteiger partial charge in [0.1, 0.15) is 34.6 Å². The lowest BCUT2D eigenvalue weighted by molar-refractivity contribution is 0.0958. The zero-order valence-electron chi connectivity index (χ0n) is 22.5. The Bertz CT molecular complexity index is 1550. The smallest absolute Gasteiger partial charge is 0.289 e. The topological polar surface area (TPSA) is 72.5 Å². The van der Waals surface area contributed by atoms with E-state index in [9.17, 15) is 4.79 Å². The van der Waals surface area contributed by atoms with Crippen LogP contribution in [0.1, 0.15) is 35.5 Å². The van der Waals surface area contributed by atoms with E-state index < -0.39 is 0 Å². The van der Waals surface area contributed by atoms with E-state index in [2.05, 4.69) is 29.7 Å². The molecule has 0 atom stereocenters. The van der Waals surface area contributed by atoms with Crippen LogP contribution in [0.5, 0.6) is 17.2 Å². The van der Waals surface area contributed by atoms with Gasteiger partial charge in [-0.3, -0.25) is 15.6 Å². The van der Waals surface area contributed by atoms with Gasteiger partial charge in [0, 0.05) is 5.38 Å². The SMILES string of the molecule is CC(C)Cc1cc(Oc2ccccc2)ccc1NNC(=O)c1csc(-c2ccccc2OCc2ccccc2)n1. The fourth-order valence-corrected chi connectivity index (χ4v) is 5.01. The molecule has 7 heteroatoms. The summed E-state index contributed by atoms with van der Waals surface area (Å²) in [6, 6.07) is 33.2. The molecule has 0 unspecified atom stereocenters. The first-order valence-electron chi connectivity index (χ1n) is 13.2. The molecule has 0 bridgehead atoms. The third-order valence-electron chi connectivity index (χ3n) is 6.09. The van der Waals surface area contributed by atoms with Gasteiger partial charge < -0.3 is 9.47 Å². The van der Waals surface area contributed by atoms with Crippen LogP contribution in [0.4, 0.5) is 5.69 Å². The van der Waals surface area contributed by atoms with Crippen molar-refractivity contribution in [3.05, 3.63) is 125 Å². The van der Waals surface area contributed by atoms with Crippen molar-refractivity contribution in [1.82, 2.24) is 10.4 Å². The first-order chi connectivity index (χ1) is 19.5. The molecule has 5 rings (SSSR count). The highest BCUT2D eigenvalue weighted by atomic mass is 32.1. The van der Waals surface area contributed by atoms with Gasteiger partial charge in [0.2, 0.25) is 0 Å². The highest BCUT2D eigenvalue weighted by molar-refractivity contribution is 7.13. The molecule has 1 aromatic heterocycles. The number of carbonyl (C=O) groups is 1. The van der Waals surface area contributed by atoms with Crippen molar-refractivity contribution in [2.45, 2.75) is 26.9 Å². The maximum Gasteiger partial charge on any atom is 0.289 e. The van der Waals surface area contributed by atoms with Crippen molar-refractivity contribution in [3.8, 4) is 27.8 Å². The molecule has 5 aromatic rings. The maximum atomic E-state index is 13.0. The van der Waals surface area contributed by atoms with Gasteiger partial charge in [-0.25, -0.2) is 4.98 Å². The third-order valence-corrected chi connectivity index (χ3v) is 6.96. The number of hydrogen-bond acceptors (Lipinski definition) is 6. The Morgan fingerprint density at radius 2 is 1.60 bits per heavy atom. The van der Waals surface area contributed by atoms with Gasteiger partial charge in [-0.1, -0.05) is 74.5 Å². The predicted molar refractivity (Wildman–Crippen MR) is 161 cm³/mol. The minimum Gasteiger partial charge on any atom is -0.488 e. The fourth-order valence-electron chi connectivity index (χ4n) is 4.18. The summed E-state index contributed by atoms with van der Waals surface area (Å²) in [5.74, 6) is 2.36. The van der Waals surface area contributed by atoms with E-state index >= 15 is 0 Å². The van der Waals surface area contributed by atoms with E-state index in [1.807, 2.05) is 103 Å². The number of anilines is 1. The second-order valence-corrected chi connectivity index (χ2v) is 10.6. The number of carbonyl (C=O) groups excluding carboxylic acids is 1. The lowest BCUT2D eigenvalue weighted by Gasteiger charge is -2.16. The standard InChI is InChI=1S/C33H31N3O3S/c1-23(2)19-25-20-27(39-26-13-7-4-8-14-26)17-18-29(25)35-36-32(37)30-22-40-33(34-30)28-15-9-10-16-31(28)38-21-24-11-5-3-6-12-24/h3-18,20,22-23,35H,19,21H2,1-2H3,(H,36,37). The summed E-state index contributed by atoms with van der Waals surface area (Å²) in [7, 11) is 0. The summed E-state index contributed by atoms with van der Waals surface area (Å²) in [6.07, 6.45) is 0.824. The van der Waals surface area contributed by atoms with Gasteiger partial charge in [-0.05, 0) is 65.9 Å². The number of rotatable bonds is 11. The molecule has 0 saturated carbocycles. The monoisotopic (exact) mass is 549 g/mol. The van der Waals surface area contributed by atoms with E-state index in [1.165, 1.54) is 11.3 Å². The highest BCUT2D eigenvalue weighted by Gasteiger charge is 2.16. The molecular weight excluding hydrogens is 518 g/mol. The summed E-state index contributed by atoms with van der Waals surface area (Å²) in [6.45, 7) is 4.77. The van der Waals surface area contributed by atoms with E-state index in [0.29, 0.717) is 18.2 Å². The molecule has 1 heterocycles. The normalized spacial score (nSPS) is 10.8. The van der Waals surface area contributed by atoms with Crippen LogP contribution in [0.3, 0.4) is 0 Å². The second-order valence-electron chi connectivity index (χ2n) is 9.72. The fraction of sp³-hybridized carbons (Fsp3) is 0.152. The molecule has 0 saturated heterocycles. The summed E-state index contributed by atoms with van der Waals surface area (Å²) < 4.78 is 12.1. The van der Waals surface area contributed by atoms with Gasteiger partial charge >= 0.3 is 0 Å². The Kier molecular flexibility index (Phi) is 8.73. The minimum atomic E-state index is -0.315. The summed E-state index contributed by atoms with van der Waals surface area (Å²) in [4.78, 5) is 17.6. The molecule has 202 valence electrons. The van der Waals surface area contributed by atoms with E-state index in [1.54, 1.807) is 5.38 Å². The van der Waals surface area contributed by atoms with Crippen LogP contribution in [-0.2, 0) is 13.0 Å². The maximum absolute atomic E-state index is 13.0. The molecule has 0 fully saturated rings. The zero-order chi connectivity index (χ0) is 27.7. The number of amides is 1. The van der Waals surface area contributed by atoms with Crippen molar-refractivity contribution < 1.29 is 14.3 Å². The molecule has 40 heavy (non-hydrogen) atoms. The van der Waals surface area contributed by atoms with Crippen LogP contribution >= 0.6 is 11.3 Å². The number of benzene rings is 4. The van der Waals surface area contributed by atoms with Crippen molar-refractivity contribution in [3.63, 3.8) is 0 Å². The predicted octanol–water partition coefficient (Wildman–Crippen LogP) is 8.14. The van der Waals surface area contributed by atoms with Crippen molar-refractivity contribution in [2.75, 3.05) is 5.43 Å². The van der Waals surface area contributed by atoms with Crippen molar-refractivity contribution in [2.24, 2.45) is 5.92 Å². The number of thiazole rings is 1. The quantitative estimate of drug-likeness (QED) is 0.163. The summed E-state index contributed by atoms with van der Waals surface area (Å²) >= 11 is 1.41. The lowest BCUT2D eigenvalue weighted by atomic mass is 10.0. The van der Waals surface area contributed by atoms with E-state index in [4.69, 9.17) is 9.47 Å². The van der Waals surface area contributed by atoms with Crippen LogP contribution < -0.4 is 20.3 Å². The zero-order valence-corrected chi connectivity index (χ0v) is 23.3. The molecule has 0 aliphatic heterocycles. The Morgan fingerprint density at radius 3 is 2.38 bits per heavy atom. The Hall–Kier alpha value is -4.62. The van der Waals surface area contributed by atoms with Crippen LogP contribution in [0, 0.1) is 5.92 Å². The van der Waals surface area contributed by atoms with Gasteiger partial charge in [-0.2, -0.15) is 0 Å². The van der Waals surface area contributed by atoms with Crippen LogP contribution in [0.15, 0.2) is 109 Å². The number of hydrogen-bond donors (Lipinski definition) is 2. The first kappa shape index (κ1) is 27.0. The largest absolute Gasteiger partial charge is 0.488 e. The summed E-state index contributed by atoms with van der Waals surface area (Å²) in [5, 5.41) is 2.48. The second kappa shape index (κ2) is 13.0. The Balaban J connectivity index is 1.26. The van der Waals surface area contributed by atoms with E-state index in [-0.39, 0.29) is 5.91 Å². The van der Waals surface area contributed by atoms with Gasteiger partial charge in [0.15, 0.2) is 0 Å². The molecule has 1 amide bonds. The number of nitrogens with zero attached hydrogens (tertiary/aromatic N) is 1. The van der Waals surface area contributed by atoms with Gasteiger partial charge in [0.25, 0.3) is 5.91 Å². The first-order valence-corrected chi connectivity index (χ1v) is 14.1. The van der Waals surface area contributed by atoms with E-state index in [0.717, 1.165) is 51.1 Å².